The molecule has 0 unspecified atom stereocenters. The van der Waals surface area contributed by atoms with Crippen LogP contribution < -0.4 is 10.2 Å². The van der Waals surface area contributed by atoms with E-state index in [0.29, 0.717) is 5.75 Å². The average Bonchev–Trinajstić information content (AvgIpc) is 2.54. The molecule has 1 amide bonds. The van der Waals surface area contributed by atoms with E-state index in [1.165, 1.54) is 11.8 Å². The molecule has 0 bridgehead atoms. The number of amides is 1. The smallest absolute Gasteiger partial charge is 0.234 e. The van der Waals surface area contributed by atoms with Gasteiger partial charge >= 0.3 is 0 Å². The summed E-state index contributed by atoms with van der Waals surface area (Å²) in [5.74, 6) is 0.402. The lowest BCUT2D eigenvalue weighted by molar-refractivity contribution is -0.113. The molecular formula is C17H19BrN2OS. The Labute approximate surface area is 144 Å². The van der Waals surface area contributed by atoms with E-state index < -0.39 is 0 Å². The maximum absolute atomic E-state index is 12.0. The number of hydrogen-bond donors (Lipinski definition) is 1. The molecule has 0 fully saturated rings. The van der Waals surface area contributed by atoms with E-state index >= 15 is 0 Å². The van der Waals surface area contributed by atoms with E-state index in [9.17, 15) is 4.79 Å². The van der Waals surface area contributed by atoms with Crippen LogP contribution in [-0.2, 0) is 4.79 Å². The van der Waals surface area contributed by atoms with Gasteiger partial charge in [0, 0.05) is 34.3 Å². The van der Waals surface area contributed by atoms with Crippen molar-refractivity contribution in [1.82, 2.24) is 0 Å². The fourth-order valence-corrected chi connectivity index (χ4v) is 2.84. The molecule has 2 rings (SSSR count). The number of carbonyl (C=O) groups is 1. The maximum atomic E-state index is 12.0. The van der Waals surface area contributed by atoms with Gasteiger partial charge in [0.2, 0.25) is 5.91 Å². The van der Waals surface area contributed by atoms with Crippen LogP contribution in [0.15, 0.2) is 57.9 Å². The number of thioether (sulfide) groups is 1. The Morgan fingerprint density at radius 2 is 1.95 bits per heavy atom. The van der Waals surface area contributed by atoms with Gasteiger partial charge in [-0.1, -0.05) is 22.0 Å². The van der Waals surface area contributed by atoms with Crippen molar-refractivity contribution >= 4 is 45.0 Å². The molecule has 0 radical (unpaired) electrons. The summed E-state index contributed by atoms with van der Waals surface area (Å²) in [7, 11) is 2.03. The summed E-state index contributed by atoms with van der Waals surface area (Å²) < 4.78 is 1.04. The maximum Gasteiger partial charge on any atom is 0.234 e. The second kappa shape index (κ2) is 8.25. The minimum atomic E-state index is 0.00391. The lowest BCUT2D eigenvalue weighted by atomic mass is 10.2. The first-order valence-corrected chi connectivity index (χ1v) is 8.85. The number of hydrogen-bond acceptors (Lipinski definition) is 3. The molecule has 1 N–H and O–H groups in total. The van der Waals surface area contributed by atoms with Crippen LogP contribution in [0.4, 0.5) is 11.4 Å². The van der Waals surface area contributed by atoms with Gasteiger partial charge in [-0.25, -0.2) is 0 Å². The zero-order valence-electron chi connectivity index (χ0n) is 12.7. The van der Waals surface area contributed by atoms with E-state index in [4.69, 9.17) is 0 Å². The topological polar surface area (TPSA) is 32.3 Å². The molecule has 2 aromatic rings. The summed E-state index contributed by atoms with van der Waals surface area (Å²) in [6.07, 6.45) is 0. The predicted octanol–water partition coefficient (Wildman–Crippen LogP) is 4.64. The molecular weight excluding hydrogens is 360 g/mol. The fraction of sp³-hybridized carbons (Fsp3) is 0.235. The summed E-state index contributed by atoms with van der Waals surface area (Å²) >= 11 is 4.93. The number of halogens is 1. The van der Waals surface area contributed by atoms with E-state index in [1.54, 1.807) is 0 Å². The van der Waals surface area contributed by atoms with Gasteiger partial charge in [0.1, 0.15) is 0 Å². The van der Waals surface area contributed by atoms with Crippen molar-refractivity contribution in [2.45, 2.75) is 11.8 Å². The molecule has 0 saturated heterocycles. The van der Waals surface area contributed by atoms with E-state index in [0.717, 1.165) is 27.3 Å². The largest absolute Gasteiger partial charge is 0.375 e. The van der Waals surface area contributed by atoms with Crippen molar-refractivity contribution in [2.24, 2.45) is 0 Å². The van der Waals surface area contributed by atoms with Crippen molar-refractivity contribution < 1.29 is 4.79 Å². The highest BCUT2D eigenvalue weighted by molar-refractivity contribution is 9.10. The van der Waals surface area contributed by atoms with Gasteiger partial charge in [0.15, 0.2) is 0 Å². The minimum Gasteiger partial charge on any atom is -0.375 e. The molecule has 0 atom stereocenters. The lowest BCUT2D eigenvalue weighted by Crippen LogP contribution is -2.17. The average molecular weight is 379 g/mol. The Morgan fingerprint density at radius 1 is 1.23 bits per heavy atom. The predicted molar refractivity (Wildman–Crippen MR) is 98.9 cm³/mol. The lowest BCUT2D eigenvalue weighted by Gasteiger charge is -2.17. The van der Waals surface area contributed by atoms with Crippen LogP contribution in [0.1, 0.15) is 6.92 Å². The normalized spacial score (nSPS) is 10.3. The monoisotopic (exact) mass is 378 g/mol. The van der Waals surface area contributed by atoms with Gasteiger partial charge < -0.3 is 10.2 Å². The highest BCUT2D eigenvalue weighted by Gasteiger charge is 2.05. The van der Waals surface area contributed by atoms with Gasteiger partial charge in [0.25, 0.3) is 0 Å². The first kappa shape index (κ1) is 16.9. The van der Waals surface area contributed by atoms with Crippen LogP contribution in [0, 0.1) is 0 Å². The number of nitrogens with one attached hydrogen (secondary N) is 1. The van der Waals surface area contributed by atoms with Gasteiger partial charge in [-0.05, 0) is 49.4 Å². The molecule has 0 saturated carbocycles. The van der Waals surface area contributed by atoms with Crippen LogP contribution in [0.5, 0.6) is 0 Å². The van der Waals surface area contributed by atoms with Crippen LogP contribution in [-0.4, -0.2) is 25.3 Å². The Morgan fingerprint density at radius 3 is 2.64 bits per heavy atom. The number of rotatable bonds is 6. The molecule has 0 aliphatic carbocycles. The molecule has 2 aromatic carbocycles. The first-order chi connectivity index (χ1) is 10.6. The zero-order valence-corrected chi connectivity index (χ0v) is 15.1. The molecule has 0 spiro atoms. The van der Waals surface area contributed by atoms with Crippen LogP contribution >= 0.6 is 27.7 Å². The zero-order chi connectivity index (χ0) is 15.9. The van der Waals surface area contributed by atoms with Gasteiger partial charge in [0.05, 0.1) is 5.75 Å². The SMILES string of the molecule is CCN(C)c1cccc(NC(=O)CSc2ccc(Br)cc2)c1. The van der Waals surface area contributed by atoms with E-state index in [1.807, 2.05) is 55.6 Å². The second-order valence-corrected chi connectivity index (χ2v) is 6.82. The third kappa shape index (κ3) is 5.07. The van der Waals surface area contributed by atoms with Crippen LogP contribution in [0.3, 0.4) is 0 Å². The molecule has 5 heteroatoms. The van der Waals surface area contributed by atoms with E-state index in [-0.39, 0.29) is 5.91 Å². The molecule has 0 aromatic heterocycles. The summed E-state index contributed by atoms with van der Waals surface area (Å²) in [5, 5.41) is 2.95. The Kier molecular flexibility index (Phi) is 6.34. The van der Waals surface area contributed by atoms with Crippen molar-refractivity contribution in [1.29, 1.82) is 0 Å². The number of anilines is 2. The fourth-order valence-electron chi connectivity index (χ4n) is 1.88. The van der Waals surface area contributed by atoms with Crippen molar-refractivity contribution in [3.8, 4) is 0 Å². The molecule has 0 aliphatic rings. The van der Waals surface area contributed by atoms with Crippen molar-refractivity contribution in [2.75, 3.05) is 29.6 Å². The Bertz CT molecular complexity index is 631. The molecule has 0 heterocycles. The van der Waals surface area contributed by atoms with Gasteiger partial charge in [-0.3, -0.25) is 4.79 Å². The Hall–Kier alpha value is -1.46. The molecule has 0 aliphatic heterocycles. The molecule has 116 valence electrons. The van der Waals surface area contributed by atoms with Gasteiger partial charge in [-0.15, -0.1) is 11.8 Å². The van der Waals surface area contributed by atoms with Gasteiger partial charge in [-0.2, -0.15) is 0 Å². The highest BCUT2D eigenvalue weighted by atomic mass is 79.9. The third-order valence-electron chi connectivity index (χ3n) is 3.23. The molecule has 3 nitrogen and oxygen atoms in total. The second-order valence-electron chi connectivity index (χ2n) is 4.86. The van der Waals surface area contributed by atoms with Crippen molar-refractivity contribution in [3.63, 3.8) is 0 Å². The number of carbonyl (C=O) groups excluding carboxylic acids is 1. The third-order valence-corrected chi connectivity index (χ3v) is 4.77. The van der Waals surface area contributed by atoms with Crippen LogP contribution in [0.2, 0.25) is 0 Å². The highest BCUT2D eigenvalue weighted by Crippen LogP contribution is 2.22. The summed E-state index contributed by atoms with van der Waals surface area (Å²) in [5.41, 5.74) is 1.93. The summed E-state index contributed by atoms with van der Waals surface area (Å²) in [4.78, 5) is 15.3. The number of benzene rings is 2. The molecule has 22 heavy (non-hydrogen) atoms. The first-order valence-electron chi connectivity index (χ1n) is 7.08. The number of nitrogens with zero attached hydrogens (tertiary/aromatic N) is 1. The Balaban J connectivity index is 1.90. The van der Waals surface area contributed by atoms with Crippen LogP contribution in [0.25, 0.3) is 0 Å². The van der Waals surface area contributed by atoms with E-state index in [2.05, 4.69) is 33.1 Å². The summed E-state index contributed by atoms with van der Waals surface area (Å²) in [6.45, 7) is 3.02. The van der Waals surface area contributed by atoms with Crippen molar-refractivity contribution in [3.05, 3.63) is 53.0 Å². The quantitative estimate of drug-likeness (QED) is 0.743. The summed E-state index contributed by atoms with van der Waals surface area (Å²) in [6, 6.07) is 15.8. The standard InChI is InChI=1S/C17H19BrN2OS/c1-3-20(2)15-6-4-5-14(11-15)19-17(21)12-22-16-9-7-13(18)8-10-16/h4-11H,3,12H2,1-2H3,(H,19,21). The minimum absolute atomic E-state index is 0.00391.